The van der Waals surface area contributed by atoms with E-state index in [-0.39, 0.29) is 4.32 Å². The van der Waals surface area contributed by atoms with Gasteiger partial charge in [0.15, 0.2) is 17.5 Å². The van der Waals surface area contributed by atoms with Crippen LogP contribution in [0.25, 0.3) is 6.08 Å². The maximum atomic E-state index is 13.2. The SMILES string of the molecule is CCCCCCCCOc1ccc(/C=C2/SC(=S)N([C@H](C(=O)O)c3ccccc3)C2=O)cc1OC. The molecule has 0 bridgehead atoms. The zero-order valence-corrected chi connectivity index (χ0v) is 21.7. The summed E-state index contributed by atoms with van der Waals surface area (Å²) in [6.07, 6.45) is 8.82. The predicted molar refractivity (Wildman–Crippen MR) is 144 cm³/mol. The lowest BCUT2D eigenvalue weighted by atomic mass is 10.1. The maximum Gasteiger partial charge on any atom is 0.331 e. The number of hydrogen-bond donors (Lipinski definition) is 1. The van der Waals surface area contributed by atoms with Gasteiger partial charge >= 0.3 is 5.97 Å². The van der Waals surface area contributed by atoms with E-state index >= 15 is 0 Å². The zero-order valence-electron chi connectivity index (χ0n) is 20.1. The minimum absolute atomic E-state index is 0.211. The second kappa shape index (κ2) is 13.3. The molecular formula is C27H31NO5S2. The van der Waals surface area contributed by atoms with Crippen molar-refractivity contribution in [2.75, 3.05) is 13.7 Å². The summed E-state index contributed by atoms with van der Waals surface area (Å²) in [6.45, 7) is 2.83. The van der Waals surface area contributed by atoms with Crippen LogP contribution >= 0.6 is 24.0 Å². The van der Waals surface area contributed by atoms with Crippen molar-refractivity contribution in [2.24, 2.45) is 0 Å². The molecule has 1 N–H and O–H groups in total. The number of carboxylic acids is 1. The van der Waals surface area contributed by atoms with Crippen molar-refractivity contribution >= 4 is 46.3 Å². The highest BCUT2D eigenvalue weighted by molar-refractivity contribution is 8.26. The van der Waals surface area contributed by atoms with Gasteiger partial charge in [-0.25, -0.2) is 4.79 Å². The van der Waals surface area contributed by atoms with E-state index in [9.17, 15) is 14.7 Å². The fraction of sp³-hybridized carbons (Fsp3) is 0.370. The second-order valence-corrected chi connectivity index (χ2v) is 9.91. The molecule has 1 aliphatic rings. The summed E-state index contributed by atoms with van der Waals surface area (Å²) in [5.74, 6) is -0.338. The van der Waals surface area contributed by atoms with E-state index < -0.39 is 17.9 Å². The van der Waals surface area contributed by atoms with Crippen LogP contribution in [0.5, 0.6) is 11.5 Å². The first-order valence-corrected chi connectivity index (χ1v) is 13.0. The van der Waals surface area contributed by atoms with Gasteiger partial charge in [0.1, 0.15) is 4.32 Å². The van der Waals surface area contributed by atoms with Crippen LogP contribution in [0.15, 0.2) is 53.4 Å². The molecule has 2 aromatic rings. The quantitative estimate of drug-likeness (QED) is 0.187. The number of carbonyl (C=O) groups is 2. The lowest BCUT2D eigenvalue weighted by Crippen LogP contribution is -2.37. The van der Waals surface area contributed by atoms with Gasteiger partial charge in [0.2, 0.25) is 0 Å². The topological polar surface area (TPSA) is 76.1 Å². The highest BCUT2D eigenvalue weighted by atomic mass is 32.2. The summed E-state index contributed by atoms with van der Waals surface area (Å²) in [4.78, 5) is 26.7. The summed E-state index contributed by atoms with van der Waals surface area (Å²) >= 11 is 6.48. The maximum absolute atomic E-state index is 13.2. The molecule has 0 spiro atoms. The number of thiocarbonyl (C=S) groups is 1. The van der Waals surface area contributed by atoms with Crippen LogP contribution < -0.4 is 9.47 Å². The Morgan fingerprint density at radius 3 is 2.49 bits per heavy atom. The molecule has 6 nitrogen and oxygen atoms in total. The number of benzene rings is 2. The Balaban J connectivity index is 1.70. The first-order valence-electron chi connectivity index (χ1n) is 11.8. The van der Waals surface area contributed by atoms with Crippen LogP contribution in [-0.4, -0.2) is 39.9 Å². The Hall–Kier alpha value is -2.84. The Kier molecular flexibility index (Phi) is 10.2. The normalized spacial score (nSPS) is 15.5. The Morgan fingerprint density at radius 2 is 1.80 bits per heavy atom. The molecule has 2 aromatic carbocycles. The van der Waals surface area contributed by atoms with Crippen LogP contribution in [0.1, 0.15) is 62.6 Å². The number of unbranched alkanes of at least 4 members (excludes halogenated alkanes) is 5. The number of methoxy groups -OCH3 is 1. The molecule has 1 heterocycles. The number of rotatable bonds is 13. The standard InChI is InChI=1S/C27H31NO5S2/c1-3-4-5-6-7-11-16-33-21-15-14-19(17-22(21)32-2)18-23-25(29)28(27(34)35-23)24(26(30)31)20-12-9-8-10-13-20/h8-10,12-15,17-18,24H,3-7,11,16H2,1-2H3,(H,30,31)/b23-18+/t24-/m0/s1. The Morgan fingerprint density at radius 1 is 1.09 bits per heavy atom. The molecule has 3 rings (SSSR count). The van der Waals surface area contributed by atoms with Gasteiger partial charge in [-0.15, -0.1) is 0 Å². The minimum Gasteiger partial charge on any atom is -0.493 e. The van der Waals surface area contributed by atoms with Gasteiger partial charge < -0.3 is 14.6 Å². The Labute approximate surface area is 216 Å². The Bertz CT molecular complexity index is 1070. The lowest BCUT2D eigenvalue weighted by Gasteiger charge is -2.23. The molecule has 0 aromatic heterocycles. The molecule has 1 saturated heterocycles. The van der Waals surface area contributed by atoms with Crippen LogP contribution in [-0.2, 0) is 9.59 Å². The van der Waals surface area contributed by atoms with E-state index in [1.54, 1.807) is 49.6 Å². The van der Waals surface area contributed by atoms with E-state index in [1.807, 2.05) is 12.1 Å². The monoisotopic (exact) mass is 513 g/mol. The van der Waals surface area contributed by atoms with Gasteiger partial charge in [0, 0.05) is 0 Å². The number of ether oxygens (including phenoxy) is 2. The van der Waals surface area contributed by atoms with E-state index in [0.717, 1.165) is 30.2 Å². The fourth-order valence-electron chi connectivity index (χ4n) is 3.85. The first kappa shape index (κ1) is 26.8. The van der Waals surface area contributed by atoms with Gasteiger partial charge in [-0.2, -0.15) is 0 Å². The van der Waals surface area contributed by atoms with E-state index in [0.29, 0.717) is 28.6 Å². The molecule has 8 heteroatoms. The second-order valence-electron chi connectivity index (χ2n) is 8.23. The van der Waals surface area contributed by atoms with Crippen molar-refractivity contribution < 1.29 is 24.2 Å². The summed E-state index contributed by atoms with van der Waals surface area (Å²) in [5, 5.41) is 9.83. The molecule has 0 saturated carbocycles. The molecule has 35 heavy (non-hydrogen) atoms. The van der Waals surface area contributed by atoms with Crippen LogP contribution in [0, 0.1) is 0 Å². The molecule has 1 fully saturated rings. The largest absolute Gasteiger partial charge is 0.493 e. The lowest BCUT2D eigenvalue weighted by molar-refractivity contribution is -0.145. The molecule has 186 valence electrons. The van der Waals surface area contributed by atoms with Crippen molar-refractivity contribution in [3.05, 3.63) is 64.6 Å². The van der Waals surface area contributed by atoms with Gasteiger partial charge in [-0.1, -0.05) is 99.4 Å². The number of nitrogens with zero attached hydrogens (tertiary/aromatic N) is 1. The molecule has 1 amide bonds. The smallest absolute Gasteiger partial charge is 0.331 e. The summed E-state index contributed by atoms with van der Waals surface area (Å²) in [5.41, 5.74) is 1.23. The van der Waals surface area contributed by atoms with Crippen molar-refractivity contribution in [1.29, 1.82) is 0 Å². The summed E-state index contributed by atoms with van der Waals surface area (Å²) in [6, 6.07) is 12.9. The summed E-state index contributed by atoms with van der Waals surface area (Å²) < 4.78 is 11.6. The summed E-state index contributed by atoms with van der Waals surface area (Å²) in [7, 11) is 1.58. The van der Waals surface area contributed by atoms with Gasteiger partial charge in [0.25, 0.3) is 5.91 Å². The molecule has 0 radical (unpaired) electrons. The first-order chi connectivity index (χ1) is 17.0. The van der Waals surface area contributed by atoms with Crippen LogP contribution in [0.3, 0.4) is 0 Å². The molecule has 1 aliphatic heterocycles. The van der Waals surface area contributed by atoms with Crippen LogP contribution in [0.4, 0.5) is 0 Å². The number of thioether (sulfide) groups is 1. The van der Waals surface area contributed by atoms with Crippen molar-refractivity contribution in [2.45, 2.75) is 51.5 Å². The van der Waals surface area contributed by atoms with Crippen molar-refractivity contribution in [1.82, 2.24) is 4.90 Å². The highest BCUT2D eigenvalue weighted by Gasteiger charge is 2.41. The van der Waals surface area contributed by atoms with E-state index in [2.05, 4.69) is 6.92 Å². The minimum atomic E-state index is -1.18. The molecular weight excluding hydrogens is 482 g/mol. The van der Waals surface area contributed by atoms with Gasteiger partial charge in [0.05, 0.1) is 18.6 Å². The fourth-order valence-corrected chi connectivity index (χ4v) is 5.16. The van der Waals surface area contributed by atoms with Gasteiger partial charge in [-0.3, -0.25) is 9.69 Å². The number of hydrogen-bond acceptors (Lipinski definition) is 6. The van der Waals surface area contributed by atoms with E-state index in [4.69, 9.17) is 21.7 Å². The average Bonchev–Trinajstić information content (AvgIpc) is 3.12. The molecule has 0 aliphatic carbocycles. The van der Waals surface area contributed by atoms with Gasteiger partial charge in [-0.05, 0) is 35.8 Å². The van der Waals surface area contributed by atoms with Crippen LogP contribution in [0.2, 0.25) is 0 Å². The average molecular weight is 514 g/mol. The third-order valence-corrected chi connectivity index (χ3v) is 7.00. The van der Waals surface area contributed by atoms with Crippen molar-refractivity contribution in [3.63, 3.8) is 0 Å². The number of aliphatic carboxylic acids is 1. The highest BCUT2D eigenvalue weighted by Crippen LogP contribution is 2.39. The molecule has 1 atom stereocenters. The van der Waals surface area contributed by atoms with E-state index in [1.165, 1.54) is 30.6 Å². The third kappa shape index (κ3) is 7.08. The third-order valence-electron chi connectivity index (χ3n) is 5.67. The number of carbonyl (C=O) groups excluding carboxylic acids is 1. The van der Waals surface area contributed by atoms with Crippen molar-refractivity contribution in [3.8, 4) is 11.5 Å². The number of carboxylic acid groups (broad SMARTS) is 1. The number of amides is 1. The predicted octanol–water partition coefficient (Wildman–Crippen LogP) is 6.46. The molecule has 0 unspecified atom stereocenters. The zero-order chi connectivity index (χ0) is 25.2.